The highest BCUT2D eigenvalue weighted by Crippen LogP contribution is 2.26. The minimum Gasteiger partial charge on any atom is -0.330 e. The molecule has 0 unspecified atom stereocenters. The van der Waals surface area contributed by atoms with Gasteiger partial charge in [-0.2, -0.15) is 0 Å². The van der Waals surface area contributed by atoms with Crippen molar-refractivity contribution in [3.8, 4) is 0 Å². The van der Waals surface area contributed by atoms with E-state index in [2.05, 4.69) is 18.7 Å². The van der Waals surface area contributed by atoms with Gasteiger partial charge in [-0.3, -0.25) is 0 Å². The highest BCUT2D eigenvalue weighted by atomic mass is 15.1. The molecule has 0 aromatic rings. The van der Waals surface area contributed by atoms with E-state index in [1.54, 1.807) is 0 Å². The summed E-state index contributed by atoms with van der Waals surface area (Å²) < 4.78 is 0. The maximum atomic E-state index is 5.64. The Morgan fingerprint density at radius 2 is 1.62 bits per heavy atom. The van der Waals surface area contributed by atoms with Crippen LogP contribution in [0.25, 0.3) is 0 Å². The molecule has 0 saturated carbocycles. The van der Waals surface area contributed by atoms with Gasteiger partial charge >= 0.3 is 0 Å². The third-order valence-electron chi connectivity index (χ3n) is 3.85. The molecule has 1 aliphatic rings. The van der Waals surface area contributed by atoms with Crippen LogP contribution >= 0.6 is 0 Å². The lowest BCUT2D eigenvalue weighted by Crippen LogP contribution is -2.27. The summed E-state index contributed by atoms with van der Waals surface area (Å²) in [4.78, 5) is 2.66. The summed E-state index contributed by atoms with van der Waals surface area (Å²) in [5.74, 6) is 0. The van der Waals surface area contributed by atoms with Crippen molar-refractivity contribution in [1.29, 1.82) is 0 Å². The molecule has 1 rings (SSSR count). The van der Waals surface area contributed by atoms with E-state index in [0.29, 0.717) is 5.41 Å². The molecule has 1 saturated heterocycles. The summed E-state index contributed by atoms with van der Waals surface area (Å²) in [6.07, 6.45) is 9.52. The molecule has 1 heterocycles. The van der Waals surface area contributed by atoms with Gasteiger partial charge in [0.2, 0.25) is 0 Å². The van der Waals surface area contributed by atoms with Crippen LogP contribution in [0.2, 0.25) is 0 Å². The molecule has 96 valence electrons. The van der Waals surface area contributed by atoms with Crippen LogP contribution in [-0.4, -0.2) is 31.1 Å². The van der Waals surface area contributed by atoms with E-state index < -0.39 is 0 Å². The second-order valence-electron chi connectivity index (χ2n) is 6.06. The number of likely N-dealkylation sites (tertiary alicyclic amines) is 1. The van der Waals surface area contributed by atoms with E-state index in [4.69, 9.17) is 5.73 Å². The number of rotatable bonds is 6. The zero-order valence-corrected chi connectivity index (χ0v) is 11.3. The van der Waals surface area contributed by atoms with Crippen molar-refractivity contribution in [2.75, 3.05) is 26.2 Å². The van der Waals surface area contributed by atoms with Crippen molar-refractivity contribution >= 4 is 0 Å². The average molecular weight is 226 g/mol. The van der Waals surface area contributed by atoms with Crippen LogP contribution in [-0.2, 0) is 0 Å². The van der Waals surface area contributed by atoms with Crippen LogP contribution in [0.5, 0.6) is 0 Å². The number of hydrogen-bond donors (Lipinski definition) is 1. The SMILES string of the molecule is CC(C)(CCN)CCCN1CCCCCC1. The van der Waals surface area contributed by atoms with Crippen molar-refractivity contribution in [1.82, 2.24) is 4.90 Å². The third kappa shape index (κ3) is 5.86. The Kier molecular flexibility index (Phi) is 6.37. The second kappa shape index (κ2) is 7.29. The van der Waals surface area contributed by atoms with Gasteiger partial charge in [0, 0.05) is 0 Å². The number of hydrogen-bond acceptors (Lipinski definition) is 2. The molecular formula is C14H30N2. The first-order valence-corrected chi connectivity index (χ1v) is 7.06. The Hall–Kier alpha value is -0.0800. The van der Waals surface area contributed by atoms with E-state index in [1.807, 2.05) is 0 Å². The molecule has 0 atom stereocenters. The van der Waals surface area contributed by atoms with Crippen LogP contribution in [0.4, 0.5) is 0 Å². The van der Waals surface area contributed by atoms with Gasteiger partial charge in [0.05, 0.1) is 0 Å². The quantitative estimate of drug-likeness (QED) is 0.754. The number of nitrogens with zero attached hydrogens (tertiary/aromatic N) is 1. The van der Waals surface area contributed by atoms with Crippen molar-refractivity contribution in [3.63, 3.8) is 0 Å². The maximum Gasteiger partial charge on any atom is -0.00185 e. The second-order valence-corrected chi connectivity index (χ2v) is 6.06. The van der Waals surface area contributed by atoms with Gasteiger partial charge < -0.3 is 10.6 Å². The summed E-state index contributed by atoms with van der Waals surface area (Å²) in [6.45, 7) is 9.49. The molecule has 0 amide bonds. The van der Waals surface area contributed by atoms with E-state index in [9.17, 15) is 0 Å². The van der Waals surface area contributed by atoms with Crippen molar-refractivity contribution in [2.24, 2.45) is 11.1 Å². The predicted molar refractivity (Wildman–Crippen MR) is 71.6 cm³/mol. The van der Waals surface area contributed by atoms with E-state index in [1.165, 1.54) is 58.2 Å². The Morgan fingerprint density at radius 3 is 2.19 bits per heavy atom. The highest BCUT2D eigenvalue weighted by molar-refractivity contribution is 4.71. The summed E-state index contributed by atoms with van der Waals surface area (Å²) in [6, 6.07) is 0. The minimum absolute atomic E-state index is 0.445. The van der Waals surface area contributed by atoms with Crippen LogP contribution in [0.3, 0.4) is 0 Å². The third-order valence-corrected chi connectivity index (χ3v) is 3.85. The monoisotopic (exact) mass is 226 g/mol. The van der Waals surface area contributed by atoms with Gasteiger partial charge in [0.25, 0.3) is 0 Å². The Bertz CT molecular complexity index is 170. The van der Waals surface area contributed by atoms with E-state index in [-0.39, 0.29) is 0 Å². The lowest BCUT2D eigenvalue weighted by Gasteiger charge is -2.26. The fourth-order valence-electron chi connectivity index (χ4n) is 2.66. The molecule has 16 heavy (non-hydrogen) atoms. The Labute approximate surface area is 102 Å². The summed E-state index contributed by atoms with van der Waals surface area (Å²) in [5, 5.41) is 0. The average Bonchev–Trinajstić information content (AvgIpc) is 2.46. The zero-order valence-electron chi connectivity index (χ0n) is 11.3. The minimum atomic E-state index is 0.445. The van der Waals surface area contributed by atoms with Gasteiger partial charge in [-0.05, 0) is 63.7 Å². The van der Waals surface area contributed by atoms with Gasteiger partial charge in [0.1, 0.15) is 0 Å². The van der Waals surface area contributed by atoms with Gasteiger partial charge in [0.15, 0.2) is 0 Å². The van der Waals surface area contributed by atoms with Crippen LogP contribution < -0.4 is 5.73 Å². The first-order valence-electron chi connectivity index (χ1n) is 7.06. The van der Waals surface area contributed by atoms with Crippen LogP contribution in [0.15, 0.2) is 0 Å². The first-order chi connectivity index (χ1) is 7.64. The maximum absolute atomic E-state index is 5.64. The smallest absolute Gasteiger partial charge is 0.00185 e. The molecule has 0 bridgehead atoms. The summed E-state index contributed by atoms with van der Waals surface area (Å²) in [5.41, 5.74) is 6.08. The van der Waals surface area contributed by atoms with Crippen LogP contribution in [0.1, 0.15) is 58.8 Å². The molecule has 0 radical (unpaired) electrons. The van der Waals surface area contributed by atoms with Crippen molar-refractivity contribution in [2.45, 2.75) is 58.8 Å². The normalized spacial score (nSPS) is 19.7. The highest BCUT2D eigenvalue weighted by Gasteiger charge is 2.17. The molecule has 0 aromatic carbocycles. The van der Waals surface area contributed by atoms with E-state index >= 15 is 0 Å². The van der Waals surface area contributed by atoms with Gasteiger partial charge in [-0.25, -0.2) is 0 Å². The fraction of sp³-hybridized carbons (Fsp3) is 1.00. The fourth-order valence-corrected chi connectivity index (χ4v) is 2.66. The van der Waals surface area contributed by atoms with Gasteiger partial charge in [-0.15, -0.1) is 0 Å². The first kappa shape index (κ1) is 14.0. The lowest BCUT2D eigenvalue weighted by molar-refractivity contribution is 0.241. The molecule has 1 aliphatic heterocycles. The topological polar surface area (TPSA) is 29.3 Å². The van der Waals surface area contributed by atoms with Crippen molar-refractivity contribution < 1.29 is 0 Å². The van der Waals surface area contributed by atoms with Crippen LogP contribution in [0, 0.1) is 5.41 Å². The molecule has 0 aromatic heterocycles. The van der Waals surface area contributed by atoms with E-state index in [0.717, 1.165) is 13.0 Å². The molecule has 2 heteroatoms. The largest absolute Gasteiger partial charge is 0.330 e. The molecule has 0 aliphatic carbocycles. The predicted octanol–water partition coefficient (Wildman–Crippen LogP) is 3.02. The Morgan fingerprint density at radius 1 is 1.00 bits per heavy atom. The number of nitrogens with two attached hydrogens (primary N) is 1. The molecule has 0 spiro atoms. The lowest BCUT2D eigenvalue weighted by atomic mass is 9.84. The molecule has 1 fully saturated rings. The standard InChI is InChI=1S/C14H30N2/c1-14(2,9-10-15)8-7-13-16-11-5-3-4-6-12-16/h3-13,15H2,1-2H3. The molecule has 2 nitrogen and oxygen atoms in total. The summed E-state index contributed by atoms with van der Waals surface area (Å²) >= 11 is 0. The Balaban J connectivity index is 2.13. The van der Waals surface area contributed by atoms with Crippen molar-refractivity contribution in [3.05, 3.63) is 0 Å². The zero-order chi connectivity index (χ0) is 11.9. The molecule has 2 N–H and O–H groups in total. The molecular weight excluding hydrogens is 196 g/mol. The van der Waals surface area contributed by atoms with Gasteiger partial charge in [-0.1, -0.05) is 26.7 Å². The summed E-state index contributed by atoms with van der Waals surface area (Å²) in [7, 11) is 0.